The summed E-state index contributed by atoms with van der Waals surface area (Å²) < 4.78 is 19.8. The van der Waals surface area contributed by atoms with Crippen molar-refractivity contribution in [3.05, 3.63) is 35.6 Å². The summed E-state index contributed by atoms with van der Waals surface area (Å²) in [6.07, 6.45) is 0. The molecule has 7 heteroatoms. The van der Waals surface area contributed by atoms with E-state index in [0.29, 0.717) is 45.0 Å². The van der Waals surface area contributed by atoms with Gasteiger partial charge in [-0.15, -0.1) is 12.4 Å². The number of carbonyl (C=O) groups is 1. The van der Waals surface area contributed by atoms with Gasteiger partial charge in [0.1, 0.15) is 11.9 Å². The van der Waals surface area contributed by atoms with Gasteiger partial charge in [0.2, 0.25) is 5.91 Å². The van der Waals surface area contributed by atoms with Crippen LogP contribution in [0.15, 0.2) is 24.3 Å². The molecule has 0 bridgehead atoms. The van der Waals surface area contributed by atoms with Crippen LogP contribution in [0.1, 0.15) is 25.5 Å². The second-order valence-electron chi connectivity index (χ2n) is 6.78. The maximum Gasteiger partial charge on any atom is 0.244 e. The van der Waals surface area contributed by atoms with Gasteiger partial charge in [0.15, 0.2) is 0 Å². The Morgan fingerprint density at radius 1 is 1.20 bits per heavy atom. The van der Waals surface area contributed by atoms with Crippen LogP contribution >= 0.6 is 12.4 Å². The number of nitrogens with zero attached hydrogens (tertiary/aromatic N) is 2. The number of amides is 1. The van der Waals surface area contributed by atoms with Crippen molar-refractivity contribution < 1.29 is 13.9 Å². The van der Waals surface area contributed by atoms with E-state index in [1.165, 1.54) is 6.07 Å². The van der Waals surface area contributed by atoms with E-state index in [4.69, 9.17) is 4.74 Å². The fourth-order valence-corrected chi connectivity index (χ4v) is 3.70. The lowest BCUT2D eigenvalue weighted by atomic mass is 10.0. The summed E-state index contributed by atoms with van der Waals surface area (Å²) >= 11 is 0. The number of nitrogens with one attached hydrogen (secondary N) is 1. The maximum absolute atomic E-state index is 14.4. The summed E-state index contributed by atoms with van der Waals surface area (Å²) in [6, 6.07) is 6.51. The van der Waals surface area contributed by atoms with Gasteiger partial charge in [0.25, 0.3) is 0 Å². The summed E-state index contributed by atoms with van der Waals surface area (Å²) in [4.78, 5) is 17.2. The molecule has 2 aliphatic heterocycles. The summed E-state index contributed by atoms with van der Waals surface area (Å²) in [5.74, 6) is -0.333. The Bertz CT molecular complexity index is 573. The van der Waals surface area contributed by atoms with E-state index in [1.807, 2.05) is 9.80 Å². The third-order valence-corrected chi connectivity index (χ3v) is 4.71. The smallest absolute Gasteiger partial charge is 0.244 e. The van der Waals surface area contributed by atoms with Crippen LogP contribution in [-0.2, 0) is 9.53 Å². The highest BCUT2D eigenvalue weighted by molar-refractivity contribution is 5.85. The molecular formula is C18H27ClFN3O2. The van der Waals surface area contributed by atoms with Gasteiger partial charge in [0, 0.05) is 43.8 Å². The van der Waals surface area contributed by atoms with Crippen molar-refractivity contribution in [2.45, 2.75) is 32.0 Å². The molecule has 1 aromatic rings. The van der Waals surface area contributed by atoms with Gasteiger partial charge in [0.05, 0.1) is 13.2 Å². The topological polar surface area (TPSA) is 44.8 Å². The number of rotatable bonds is 3. The monoisotopic (exact) mass is 371 g/mol. The number of hydrogen-bond acceptors (Lipinski definition) is 4. The molecule has 1 aromatic carbocycles. The van der Waals surface area contributed by atoms with E-state index in [9.17, 15) is 9.18 Å². The lowest BCUT2D eigenvalue weighted by Crippen LogP contribution is -2.58. The Hall–Kier alpha value is -1.21. The summed E-state index contributed by atoms with van der Waals surface area (Å²) in [6.45, 7) is 7.88. The Kier molecular flexibility index (Phi) is 7.19. The average Bonchev–Trinajstić information content (AvgIpc) is 2.57. The Morgan fingerprint density at radius 3 is 2.40 bits per heavy atom. The SMILES string of the molecule is CC1CN(C(=O)C(c2ccccc2F)N2CCOCC2)CC(C)N1.Cl. The number of morpholine rings is 1. The number of hydrogen-bond donors (Lipinski definition) is 1. The zero-order chi connectivity index (χ0) is 17.1. The van der Waals surface area contributed by atoms with Crippen LogP contribution in [0.25, 0.3) is 0 Å². The van der Waals surface area contributed by atoms with Crippen LogP contribution < -0.4 is 5.32 Å². The molecule has 140 valence electrons. The van der Waals surface area contributed by atoms with E-state index in [0.717, 1.165) is 0 Å². The molecule has 0 saturated carbocycles. The van der Waals surface area contributed by atoms with Crippen LogP contribution in [-0.4, -0.2) is 67.2 Å². The van der Waals surface area contributed by atoms with Crippen LogP contribution in [0.4, 0.5) is 4.39 Å². The molecule has 0 spiro atoms. The van der Waals surface area contributed by atoms with Crippen molar-refractivity contribution in [3.8, 4) is 0 Å². The summed E-state index contributed by atoms with van der Waals surface area (Å²) in [5.41, 5.74) is 0.461. The molecule has 0 aromatic heterocycles. The predicted octanol–water partition coefficient (Wildman–Crippen LogP) is 1.83. The van der Waals surface area contributed by atoms with E-state index in [-0.39, 0.29) is 36.2 Å². The van der Waals surface area contributed by atoms with E-state index in [1.54, 1.807) is 18.2 Å². The quantitative estimate of drug-likeness (QED) is 0.880. The number of halogens is 2. The molecule has 25 heavy (non-hydrogen) atoms. The Morgan fingerprint density at radius 2 is 1.80 bits per heavy atom. The lowest BCUT2D eigenvalue weighted by Gasteiger charge is -2.41. The van der Waals surface area contributed by atoms with Crippen molar-refractivity contribution in [3.63, 3.8) is 0 Å². The average molecular weight is 372 g/mol. The number of benzene rings is 1. The number of ether oxygens (including phenoxy) is 1. The first-order valence-corrected chi connectivity index (χ1v) is 8.67. The van der Waals surface area contributed by atoms with Gasteiger partial charge in [-0.1, -0.05) is 18.2 Å². The van der Waals surface area contributed by atoms with E-state index in [2.05, 4.69) is 19.2 Å². The minimum Gasteiger partial charge on any atom is -0.379 e. The lowest BCUT2D eigenvalue weighted by molar-refractivity contribution is -0.141. The van der Waals surface area contributed by atoms with Crippen LogP contribution in [0, 0.1) is 5.82 Å². The minimum atomic E-state index is -0.576. The first-order valence-electron chi connectivity index (χ1n) is 8.67. The first-order chi connectivity index (χ1) is 11.6. The van der Waals surface area contributed by atoms with Gasteiger partial charge in [-0.05, 0) is 19.9 Å². The second kappa shape index (κ2) is 8.94. The fourth-order valence-electron chi connectivity index (χ4n) is 3.70. The Labute approximate surface area is 154 Å². The standard InChI is InChI=1S/C18H26FN3O2.ClH/c1-13-11-22(12-14(2)20-13)18(23)17(21-7-9-24-10-8-21)15-5-3-4-6-16(15)19;/h3-6,13-14,17,20H,7-12H2,1-2H3;1H. The van der Waals surface area contributed by atoms with Gasteiger partial charge >= 0.3 is 0 Å². The molecule has 1 amide bonds. The first kappa shape index (κ1) is 20.1. The van der Waals surface area contributed by atoms with E-state index < -0.39 is 6.04 Å². The van der Waals surface area contributed by atoms with Crippen molar-refractivity contribution in [2.75, 3.05) is 39.4 Å². The normalized spacial score (nSPS) is 26.0. The van der Waals surface area contributed by atoms with Gasteiger partial charge in [-0.25, -0.2) is 4.39 Å². The zero-order valence-corrected chi connectivity index (χ0v) is 15.6. The zero-order valence-electron chi connectivity index (χ0n) is 14.8. The molecule has 2 saturated heterocycles. The molecule has 3 rings (SSSR count). The third kappa shape index (κ3) is 4.70. The number of piperazine rings is 1. The number of carbonyl (C=O) groups excluding carboxylic acids is 1. The second-order valence-corrected chi connectivity index (χ2v) is 6.78. The highest BCUT2D eigenvalue weighted by atomic mass is 35.5. The maximum atomic E-state index is 14.4. The molecule has 3 atom stereocenters. The molecule has 1 N–H and O–H groups in total. The largest absolute Gasteiger partial charge is 0.379 e. The molecular weight excluding hydrogens is 345 g/mol. The van der Waals surface area contributed by atoms with E-state index >= 15 is 0 Å². The van der Waals surface area contributed by atoms with Crippen molar-refractivity contribution in [1.82, 2.24) is 15.1 Å². The van der Waals surface area contributed by atoms with Crippen LogP contribution in [0.2, 0.25) is 0 Å². The Balaban J connectivity index is 0.00000225. The highest BCUT2D eigenvalue weighted by Gasteiger charge is 2.36. The molecule has 2 aliphatic rings. The molecule has 0 aliphatic carbocycles. The van der Waals surface area contributed by atoms with Gasteiger partial charge in [-0.3, -0.25) is 9.69 Å². The third-order valence-electron chi connectivity index (χ3n) is 4.71. The summed E-state index contributed by atoms with van der Waals surface area (Å²) in [7, 11) is 0. The fraction of sp³-hybridized carbons (Fsp3) is 0.611. The van der Waals surface area contributed by atoms with Crippen LogP contribution in [0.5, 0.6) is 0 Å². The van der Waals surface area contributed by atoms with Gasteiger partial charge in [-0.2, -0.15) is 0 Å². The minimum absolute atomic E-state index is 0. The molecule has 3 unspecified atom stereocenters. The summed E-state index contributed by atoms with van der Waals surface area (Å²) in [5, 5.41) is 3.43. The molecule has 2 fully saturated rings. The highest BCUT2D eigenvalue weighted by Crippen LogP contribution is 2.27. The van der Waals surface area contributed by atoms with Crippen molar-refractivity contribution in [1.29, 1.82) is 0 Å². The van der Waals surface area contributed by atoms with Gasteiger partial charge < -0.3 is 15.0 Å². The molecule has 2 heterocycles. The molecule has 0 radical (unpaired) electrons. The van der Waals surface area contributed by atoms with Crippen LogP contribution in [0.3, 0.4) is 0 Å². The predicted molar refractivity (Wildman–Crippen MR) is 97.4 cm³/mol. The molecule has 5 nitrogen and oxygen atoms in total. The van der Waals surface area contributed by atoms with Crippen molar-refractivity contribution >= 4 is 18.3 Å². The van der Waals surface area contributed by atoms with Crippen molar-refractivity contribution in [2.24, 2.45) is 0 Å².